The van der Waals surface area contributed by atoms with E-state index in [1.165, 1.54) is 5.56 Å². The van der Waals surface area contributed by atoms with Crippen molar-refractivity contribution in [1.29, 1.82) is 4.78 Å². The van der Waals surface area contributed by atoms with Crippen molar-refractivity contribution in [2.24, 2.45) is 0 Å². The molecule has 0 spiro atoms. The molecule has 4 rings (SSSR count). The zero-order chi connectivity index (χ0) is 23.9. The summed E-state index contributed by atoms with van der Waals surface area (Å²) in [6.07, 6.45) is 1.78. The second kappa shape index (κ2) is 10.8. The van der Waals surface area contributed by atoms with Crippen molar-refractivity contribution in [3.05, 3.63) is 90.1 Å². The summed E-state index contributed by atoms with van der Waals surface area (Å²) in [5.41, 5.74) is 4.86. The summed E-state index contributed by atoms with van der Waals surface area (Å²) in [4.78, 5) is 9.67. The standard InChI is InChI=1S/C26H27N5O2S/c1-3-33-22-13-11-20(12-14-22)24-17-29-26(30-21-5-4-6-23(15-21)34(27)32)31-25(24)28-16-19-9-7-18(2)8-10-19/h4-15,17,27,34H,3,16H2,1-2H3,(H2,28,29,30,31). The van der Waals surface area contributed by atoms with Crippen LogP contribution in [-0.4, -0.2) is 20.8 Å². The Morgan fingerprint density at radius 3 is 2.50 bits per heavy atom. The zero-order valence-electron chi connectivity index (χ0n) is 19.1. The molecule has 0 aliphatic heterocycles. The van der Waals surface area contributed by atoms with Crippen LogP contribution in [0.15, 0.2) is 83.9 Å². The van der Waals surface area contributed by atoms with Gasteiger partial charge in [-0.05, 0) is 55.3 Å². The molecule has 0 amide bonds. The molecule has 3 N–H and O–H groups in total. The van der Waals surface area contributed by atoms with Crippen molar-refractivity contribution in [3.8, 4) is 16.9 Å². The van der Waals surface area contributed by atoms with Crippen molar-refractivity contribution < 1.29 is 8.95 Å². The van der Waals surface area contributed by atoms with E-state index in [1.54, 1.807) is 24.4 Å². The highest BCUT2D eigenvalue weighted by Gasteiger charge is 2.11. The molecule has 0 radical (unpaired) electrons. The second-order valence-electron chi connectivity index (χ2n) is 7.72. The molecule has 1 atom stereocenters. The Bertz CT molecular complexity index is 1330. The first kappa shape index (κ1) is 23.3. The fraction of sp³-hybridized carbons (Fsp3) is 0.154. The number of hydrogen-bond acceptors (Lipinski definition) is 7. The second-order valence-corrected chi connectivity index (χ2v) is 8.83. The molecule has 0 bridgehead atoms. The molecule has 1 heterocycles. The van der Waals surface area contributed by atoms with E-state index >= 15 is 0 Å². The maximum atomic E-state index is 11.5. The highest BCUT2D eigenvalue weighted by molar-refractivity contribution is 7.73. The van der Waals surface area contributed by atoms with Gasteiger partial charge >= 0.3 is 0 Å². The third kappa shape index (κ3) is 5.90. The summed E-state index contributed by atoms with van der Waals surface area (Å²) in [6.45, 7) is 5.24. The van der Waals surface area contributed by atoms with Crippen LogP contribution < -0.4 is 15.4 Å². The maximum absolute atomic E-state index is 11.5. The van der Waals surface area contributed by atoms with Gasteiger partial charge in [-0.2, -0.15) is 4.98 Å². The lowest BCUT2D eigenvalue weighted by atomic mass is 10.1. The van der Waals surface area contributed by atoms with E-state index in [4.69, 9.17) is 14.5 Å². The summed E-state index contributed by atoms with van der Waals surface area (Å²) >= 11 is 0. The first-order chi connectivity index (χ1) is 16.5. The highest BCUT2D eigenvalue weighted by atomic mass is 32.2. The fourth-order valence-corrected chi connectivity index (χ4v) is 3.89. The van der Waals surface area contributed by atoms with Crippen LogP contribution in [0.4, 0.5) is 17.5 Å². The third-order valence-corrected chi connectivity index (χ3v) is 5.93. The normalized spacial score (nSPS) is 11.6. The van der Waals surface area contributed by atoms with E-state index in [2.05, 4.69) is 46.8 Å². The monoisotopic (exact) mass is 473 g/mol. The van der Waals surface area contributed by atoms with Crippen LogP contribution in [0.5, 0.6) is 5.75 Å². The number of nitrogens with zero attached hydrogens (tertiary/aromatic N) is 2. The molecule has 4 aromatic rings. The maximum Gasteiger partial charge on any atom is 0.229 e. The van der Waals surface area contributed by atoms with Gasteiger partial charge in [0.25, 0.3) is 0 Å². The van der Waals surface area contributed by atoms with Gasteiger partial charge < -0.3 is 15.4 Å². The Hall–Kier alpha value is -3.91. The summed E-state index contributed by atoms with van der Waals surface area (Å²) in [5.74, 6) is 1.90. The lowest BCUT2D eigenvalue weighted by molar-refractivity contribution is 0.340. The number of thiol groups is 1. The minimum absolute atomic E-state index is 0.401. The number of anilines is 3. The van der Waals surface area contributed by atoms with Gasteiger partial charge in [-0.1, -0.05) is 48.0 Å². The molecule has 3 aromatic carbocycles. The van der Waals surface area contributed by atoms with Gasteiger partial charge in [0.15, 0.2) is 0 Å². The van der Waals surface area contributed by atoms with Crippen LogP contribution in [0.3, 0.4) is 0 Å². The fourth-order valence-electron chi connectivity index (χ4n) is 3.42. The van der Waals surface area contributed by atoms with Gasteiger partial charge in [0.1, 0.15) is 11.6 Å². The van der Waals surface area contributed by atoms with Gasteiger partial charge in [-0.3, -0.25) is 4.78 Å². The molecule has 0 saturated heterocycles. The summed E-state index contributed by atoms with van der Waals surface area (Å²) < 4.78 is 24.6. The molecule has 0 aliphatic carbocycles. The Labute approximate surface area is 201 Å². The summed E-state index contributed by atoms with van der Waals surface area (Å²) in [7, 11) is -2.17. The largest absolute Gasteiger partial charge is 0.494 e. The third-order valence-electron chi connectivity index (χ3n) is 5.18. The Morgan fingerprint density at radius 1 is 1.03 bits per heavy atom. The van der Waals surface area contributed by atoms with Crippen LogP contribution in [0.2, 0.25) is 0 Å². The van der Waals surface area contributed by atoms with Crippen LogP contribution in [-0.2, 0) is 17.1 Å². The predicted molar refractivity (Wildman–Crippen MR) is 137 cm³/mol. The number of aromatic nitrogens is 2. The van der Waals surface area contributed by atoms with Crippen molar-refractivity contribution in [3.63, 3.8) is 0 Å². The van der Waals surface area contributed by atoms with Gasteiger partial charge in [0.2, 0.25) is 5.95 Å². The lowest BCUT2D eigenvalue weighted by Crippen LogP contribution is -2.06. The average Bonchev–Trinajstić information content (AvgIpc) is 2.85. The minimum atomic E-state index is -2.17. The molecular weight excluding hydrogens is 446 g/mol. The van der Waals surface area contributed by atoms with E-state index < -0.39 is 10.6 Å². The highest BCUT2D eigenvalue weighted by Crippen LogP contribution is 2.29. The van der Waals surface area contributed by atoms with Gasteiger partial charge in [0.05, 0.1) is 17.2 Å². The first-order valence-corrected chi connectivity index (χ1v) is 12.2. The zero-order valence-corrected chi connectivity index (χ0v) is 20.0. The Morgan fingerprint density at radius 2 is 1.79 bits per heavy atom. The van der Waals surface area contributed by atoms with Crippen molar-refractivity contribution >= 4 is 28.0 Å². The lowest BCUT2D eigenvalue weighted by Gasteiger charge is -2.14. The first-order valence-electron chi connectivity index (χ1n) is 11.0. The van der Waals surface area contributed by atoms with Crippen LogP contribution in [0, 0.1) is 11.7 Å². The number of benzene rings is 3. The molecule has 0 aliphatic rings. The molecule has 7 nitrogen and oxygen atoms in total. The molecule has 1 aromatic heterocycles. The van der Waals surface area contributed by atoms with Gasteiger partial charge in [-0.25, -0.2) is 9.19 Å². The number of nitrogens with one attached hydrogen (secondary N) is 3. The van der Waals surface area contributed by atoms with E-state index in [9.17, 15) is 4.21 Å². The van der Waals surface area contributed by atoms with E-state index in [1.807, 2.05) is 37.3 Å². The molecule has 1 unspecified atom stereocenters. The van der Waals surface area contributed by atoms with Crippen molar-refractivity contribution in [2.45, 2.75) is 25.3 Å². The van der Waals surface area contributed by atoms with Crippen LogP contribution in [0.1, 0.15) is 18.1 Å². The number of ether oxygens (including phenoxy) is 1. The van der Waals surface area contributed by atoms with Gasteiger partial charge in [0, 0.05) is 28.9 Å². The molecular formula is C26H27N5O2S. The van der Waals surface area contributed by atoms with Crippen LogP contribution in [0.25, 0.3) is 11.1 Å². The SMILES string of the molecule is CCOc1ccc(-c2cnc(Nc3cccc([SH](=N)=O)c3)nc2NCc2ccc(C)cc2)cc1. The van der Waals surface area contributed by atoms with Crippen LogP contribution >= 0.6 is 0 Å². The van der Waals surface area contributed by atoms with E-state index in [-0.39, 0.29) is 0 Å². The molecule has 0 fully saturated rings. The predicted octanol–water partition coefficient (Wildman–Crippen LogP) is 5.81. The Balaban J connectivity index is 1.64. The summed E-state index contributed by atoms with van der Waals surface area (Å²) in [6, 6.07) is 23.1. The average molecular weight is 474 g/mol. The molecule has 34 heavy (non-hydrogen) atoms. The summed E-state index contributed by atoms with van der Waals surface area (Å²) in [5, 5.41) is 6.60. The Kier molecular flexibility index (Phi) is 7.39. The van der Waals surface area contributed by atoms with Gasteiger partial charge in [-0.15, -0.1) is 0 Å². The number of aryl methyl sites for hydroxylation is 1. The quantitative estimate of drug-likeness (QED) is 0.229. The smallest absolute Gasteiger partial charge is 0.229 e. The number of rotatable bonds is 9. The van der Waals surface area contributed by atoms with E-state index in [0.29, 0.717) is 35.5 Å². The van der Waals surface area contributed by atoms with Crippen molar-refractivity contribution in [1.82, 2.24) is 9.97 Å². The number of hydrogen-bond donors (Lipinski definition) is 4. The van der Waals surface area contributed by atoms with Crippen molar-refractivity contribution in [2.75, 3.05) is 17.2 Å². The molecule has 0 saturated carbocycles. The molecule has 8 heteroatoms. The van der Waals surface area contributed by atoms with E-state index in [0.717, 1.165) is 22.4 Å². The molecule has 174 valence electrons. The minimum Gasteiger partial charge on any atom is -0.494 e. The topological polar surface area (TPSA) is 100.0 Å².